The lowest BCUT2D eigenvalue weighted by Crippen LogP contribution is -2.38. The molecule has 2 aromatic heterocycles. The molecule has 2 heterocycles. The molecule has 1 unspecified atom stereocenters. The second kappa shape index (κ2) is 6.52. The number of benzene rings is 1. The molecular weight excluding hydrogens is 320 g/mol. The maximum absolute atomic E-state index is 12.5. The van der Waals surface area contributed by atoms with Gasteiger partial charge in [-0.1, -0.05) is 29.8 Å². The molecule has 0 aliphatic heterocycles. The Balaban J connectivity index is 1.74. The van der Waals surface area contributed by atoms with Crippen LogP contribution in [0.15, 0.2) is 47.5 Å². The van der Waals surface area contributed by atoms with Crippen molar-refractivity contribution >= 4 is 5.91 Å². The molecule has 0 radical (unpaired) electrons. The first-order chi connectivity index (χ1) is 11.9. The summed E-state index contributed by atoms with van der Waals surface area (Å²) in [7, 11) is 1.77. The van der Waals surface area contributed by atoms with Crippen LogP contribution in [-0.4, -0.2) is 32.3 Å². The molecule has 0 aliphatic rings. The number of nitrogens with zero attached hydrogens (tertiary/aromatic N) is 3. The fourth-order valence-electron chi connectivity index (χ4n) is 2.46. The smallest absolute Gasteiger partial charge is 0.274 e. The first kappa shape index (κ1) is 16.9. The van der Waals surface area contributed by atoms with Gasteiger partial charge in [0.15, 0.2) is 17.8 Å². The Morgan fingerprint density at radius 2 is 2.08 bits per heavy atom. The maximum atomic E-state index is 12.5. The molecule has 0 saturated carbocycles. The minimum atomic E-state index is -1.24. The van der Waals surface area contributed by atoms with Gasteiger partial charge in [0.1, 0.15) is 5.60 Å². The van der Waals surface area contributed by atoms with Crippen molar-refractivity contribution in [2.45, 2.75) is 19.4 Å². The molecule has 1 amide bonds. The monoisotopic (exact) mass is 340 g/mol. The van der Waals surface area contributed by atoms with Crippen LogP contribution in [0.5, 0.6) is 0 Å². The molecule has 3 aromatic rings. The molecular formula is C18H20N4O3. The van der Waals surface area contributed by atoms with Crippen LogP contribution in [0, 0.1) is 6.92 Å². The number of aryl methyl sites for hydroxylation is 2. The van der Waals surface area contributed by atoms with Crippen molar-refractivity contribution in [2.24, 2.45) is 7.05 Å². The van der Waals surface area contributed by atoms with E-state index in [1.165, 1.54) is 6.39 Å². The van der Waals surface area contributed by atoms with E-state index in [9.17, 15) is 9.90 Å². The highest BCUT2D eigenvalue weighted by Gasteiger charge is 2.27. The van der Waals surface area contributed by atoms with Gasteiger partial charge in [-0.3, -0.25) is 9.48 Å². The summed E-state index contributed by atoms with van der Waals surface area (Å²) in [5, 5.41) is 17.3. The van der Waals surface area contributed by atoms with E-state index in [1.54, 1.807) is 31.0 Å². The average Bonchev–Trinajstić information content (AvgIpc) is 3.23. The van der Waals surface area contributed by atoms with Gasteiger partial charge in [-0.2, -0.15) is 5.10 Å². The van der Waals surface area contributed by atoms with Crippen LogP contribution in [0.1, 0.15) is 28.5 Å². The molecule has 7 heteroatoms. The molecule has 130 valence electrons. The van der Waals surface area contributed by atoms with E-state index in [2.05, 4.69) is 15.4 Å². The van der Waals surface area contributed by atoms with E-state index >= 15 is 0 Å². The molecule has 3 rings (SSSR count). The minimum absolute atomic E-state index is 0.0255. The molecule has 0 fully saturated rings. The zero-order chi connectivity index (χ0) is 18.0. The second-order valence-corrected chi connectivity index (χ2v) is 6.26. The highest BCUT2D eigenvalue weighted by Crippen LogP contribution is 2.24. The zero-order valence-corrected chi connectivity index (χ0v) is 14.4. The molecule has 0 aliphatic carbocycles. The summed E-state index contributed by atoms with van der Waals surface area (Å²) >= 11 is 0. The van der Waals surface area contributed by atoms with Crippen molar-refractivity contribution in [3.05, 3.63) is 59.9 Å². The number of oxazole rings is 1. The topological polar surface area (TPSA) is 93.2 Å². The predicted octanol–water partition coefficient (Wildman–Crippen LogP) is 2.02. The Kier molecular flexibility index (Phi) is 4.41. The van der Waals surface area contributed by atoms with E-state index in [1.807, 2.05) is 31.2 Å². The third-order valence-corrected chi connectivity index (χ3v) is 4.02. The number of carbonyl (C=O) groups is 1. The molecule has 1 atom stereocenters. The Labute approximate surface area is 145 Å². The SMILES string of the molecule is Cc1ccc(-c2ocnc2C(=O)NCC(C)(O)c2cnn(C)c2)cc1. The number of rotatable bonds is 5. The Morgan fingerprint density at radius 3 is 2.72 bits per heavy atom. The number of nitrogens with one attached hydrogen (secondary N) is 1. The predicted molar refractivity (Wildman–Crippen MR) is 91.8 cm³/mol. The molecule has 0 bridgehead atoms. The summed E-state index contributed by atoms with van der Waals surface area (Å²) in [6.45, 7) is 3.63. The van der Waals surface area contributed by atoms with Crippen molar-refractivity contribution in [3.63, 3.8) is 0 Å². The summed E-state index contributed by atoms with van der Waals surface area (Å²) in [5.41, 5.74) is 1.45. The molecule has 7 nitrogen and oxygen atoms in total. The van der Waals surface area contributed by atoms with Gasteiger partial charge < -0.3 is 14.8 Å². The van der Waals surface area contributed by atoms with Crippen LogP contribution in [-0.2, 0) is 12.6 Å². The number of carbonyl (C=O) groups excluding carboxylic acids is 1. The Bertz CT molecular complexity index is 878. The normalized spacial score (nSPS) is 13.4. The fourth-order valence-corrected chi connectivity index (χ4v) is 2.46. The number of amides is 1. The number of hydrogen-bond donors (Lipinski definition) is 2. The molecule has 0 spiro atoms. The average molecular weight is 340 g/mol. The van der Waals surface area contributed by atoms with Crippen molar-refractivity contribution in [3.8, 4) is 11.3 Å². The summed E-state index contributed by atoms with van der Waals surface area (Å²) in [5.74, 6) is -0.00740. The van der Waals surface area contributed by atoms with Crippen LogP contribution in [0.4, 0.5) is 0 Å². The summed E-state index contributed by atoms with van der Waals surface area (Å²) in [4.78, 5) is 16.5. The third kappa shape index (κ3) is 3.61. The van der Waals surface area contributed by atoms with Gasteiger partial charge in [0.2, 0.25) is 0 Å². The number of aliphatic hydroxyl groups is 1. The molecule has 0 saturated heterocycles. The summed E-state index contributed by atoms with van der Waals surface area (Å²) in [6, 6.07) is 7.62. The largest absolute Gasteiger partial charge is 0.443 e. The summed E-state index contributed by atoms with van der Waals surface area (Å²) < 4.78 is 6.98. The molecule has 2 N–H and O–H groups in total. The van der Waals surface area contributed by atoms with E-state index in [0.29, 0.717) is 11.3 Å². The van der Waals surface area contributed by atoms with Gasteiger partial charge in [0, 0.05) is 24.4 Å². The van der Waals surface area contributed by atoms with Crippen LogP contribution in [0.25, 0.3) is 11.3 Å². The number of aromatic nitrogens is 3. The van der Waals surface area contributed by atoms with Crippen molar-refractivity contribution in [2.75, 3.05) is 6.54 Å². The van der Waals surface area contributed by atoms with Crippen LogP contribution < -0.4 is 5.32 Å². The molecule has 1 aromatic carbocycles. The fraction of sp³-hybridized carbons (Fsp3) is 0.278. The Morgan fingerprint density at radius 1 is 1.36 bits per heavy atom. The lowest BCUT2D eigenvalue weighted by atomic mass is 9.99. The minimum Gasteiger partial charge on any atom is -0.443 e. The zero-order valence-electron chi connectivity index (χ0n) is 14.4. The lowest BCUT2D eigenvalue weighted by molar-refractivity contribution is 0.0524. The first-order valence-electron chi connectivity index (χ1n) is 7.87. The van der Waals surface area contributed by atoms with Gasteiger partial charge in [0.25, 0.3) is 5.91 Å². The first-order valence-corrected chi connectivity index (χ1v) is 7.87. The standard InChI is InChI=1S/C18H20N4O3/c1-12-4-6-13(7-5-12)16-15(20-11-25-16)17(23)19-10-18(2,24)14-8-21-22(3)9-14/h4-9,11,24H,10H2,1-3H3,(H,19,23). The quantitative estimate of drug-likeness (QED) is 0.741. The van der Waals surface area contributed by atoms with Gasteiger partial charge in [-0.15, -0.1) is 0 Å². The maximum Gasteiger partial charge on any atom is 0.274 e. The third-order valence-electron chi connectivity index (χ3n) is 4.02. The van der Waals surface area contributed by atoms with Crippen molar-refractivity contribution in [1.29, 1.82) is 0 Å². The Hall–Kier alpha value is -2.93. The van der Waals surface area contributed by atoms with Gasteiger partial charge >= 0.3 is 0 Å². The van der Waals surface area contributed by atoms with Crippen molar-refractivity contribution in [1.82, 2.24) is 20.1 Å². The van der Waals surface area contributed by atoms with E-state index in [-0.39, 0.29) is 12.2 Å². The highest BCUT2D eigenvalue weighted by molar-refractivity contribution is 5.97. The molecule has 25 heavy (non-hydrogen) atoms. The van der Waals surface area contributed by atoms with E-state index in [4.69, 9.17) is 4.42 Å². The van der Waals surface area contributed by atoms with Gasteiger partial charge in [-0.25, -0.2) is 4.98 Å². The van der Waals surface area contributed by atoms with Crippen molar-refractivity contribution < 1.29 is 14.3 Å². The van der Waals surface area contributed by atoms with Gasteiger partial charge in [0.05, 0.1) is 12.7 Å². The van der Waals surface area contributed by atoms with Crippen LogP contribution in [0.2, 0.25) is 0 Å². The van der Waals surface area contributed by atoms with Gasteiger partial charge in [-0.05, 0) is 13.8 Å². The number of hydrogen-bond acceptors (Lipinski definition) is 5. The second-order valence-electron chi connectivity index (χ2n) is 6.26. The van der Waals surface area contributed by atoms with Crippen LogP contribution >= 0.6 is 0 Å². The summed E-state index contributed by atoms with van der Waals surface area (Å²) in [6.07, 6.45) is 4.52. The lowest BCUT2D eigenvalue weighted by Gasteiger charge is -2.22. The highest BCUT2D eigenvalue weighted by atomic mass is 16.3. The van der Waals surface area contributed by atoms with Crippen LogP contribution in [0.3, 0.4) is 0 Å². The van der Waals surface area contributed by atoms with E-state index in [0.717, 1.165) is 11.1 Å². The van der Waals surface area contributed by atoms with E-state index < -0.39 is 11.5 Å².